The molecular formula is C14H17BrClNO2. The molecule has 1 aliphatic rings. The molecule has 5 heteroatoms. The fourth-order valence-electron chi connectivity index (χ4n) is 2.14. The van der Waals surface area contributed by atoms with Crippen molar-refractivity contribution in [2.45, 2.75) is 26.0 Å². The van der Waals surface area contributed by atoms with Gasteiger partial charge in [0.25, 0.3) is 5.91 Å². The Morgan fingerprint density at radius 2 is 2.32 bits per heavy atom. The smallest absolute Gasteiger partial charge is 0.254 e. The minimum Gasteiger partial charge on any atom is -0.373 e. The SMILES string of the molecule is Cc1cc(C(=O)N2CC(CBr)OCC2C)ccc1Cl. The van der Waals surface area contributed by atoms with Crippen molar-refractivity contribution < 1.29 is 9.53 Å². The summed E-state index contributed by atoms with van der Waals surface area (Å²) >= 11 is 9.40. The third kappa shape index (κ3) is 3.30. The molecule has 1 fully saturated rings. The summed E-state index contributed by atoms with van der Waals surface area (Å²) in [5.74, 6) is 0.0431. The molecule has 1 amide bonds. The van der Waals surface area contributed by atoms with Crippen LogP contribution in [0.15, 0.2) is 18.2 Å². The number of aryl methyl sites for hydroxylation is 1. The van der Waals surface area contributed by atoms with E-state index in [0.717, 1.165) is 10.9 Å². The van der Waals surface area contributed by atoms with Crippen LogP contribution in [0.4, 0.5) is 0 Å². The van der Waals surface area contributed by atoms with Crippen molar-refractivity contribution in [3.8, 4) is 0 Å². The van der Waals surface area contributed by atoms with Gasteiger partial charge in [0.15, 0.2) is 0 Å². The average Bonchev–Trinajstić information content (AvgIpc) is 2.41. The minimum atomic E-state index is 0.0431. The zero-order chi connectivity index (χ0) is 14.0. The van der Waals surface area contributed by atoms with Crippen molar-refractivity contribution in [2.24, 2.45) is 0 Å². The lowest BCUT2D eigenvalue weighted by atomic mass is 10.1. The fraction of sp³-hybridized carbons (Fsp3) is 0.500. The number of ether oxygens (including phenoxy) is 1. The molecule has 0 bridgehead atoms. The van der Waals surface area contributed by atoms with E-state index in [2.05, 4.69) is 15.9 Å². The van der Waals surface area contributed by atoms with E-state index in [0.29, 0.717) is 23.7 Å². The standard InChI is InChI=1S/C14H17BrClNO2/c1-9-5-11(3-4-13(9)16)14(18)17-7-12(6-15)19-8-10(17)2/h3-5,10,12H,6-8H2,1-2H3. The van der Waals surface area contributed by atoms with Gasteiger partial charge in [-0.15, -0.1) is 0 Å². The van der Waals surface area contributed by atoms with E-state index in [1.165, 1.54) is 0 Å². The molecule has 2 rings (SSSR count). The Morgan fingerprint density at radius 3 is 2.95 bits per heavy atom. The highest BCUT2D eigenvalue weighted by molar-refractivity contribution is 9.09. The topological polar surface area (TPSA) is 29.5 Å². The predicted molar refractivity (Wildman–Crippen MR) is 80.2 cm³/mol. The minimum absolute atomic E-state index is 0.0431. The van der Waals surface area contributed by atoms with Crippen LogP contribution in [0.25, 0.3) is 0 Å². The number of benzene rings is 1. The van der Waals surface area contributed by atoms with E-state index in [-0.39, 0.29) is 18.1 Å². The van der Waals surface area contributed by atoms with Gasteiger partial charge in [0.2, 0.25) is 0 Å². The Hall–Kier alpha value is -0.580. The Kier molecular flexibility index (Phi) is 4.87. The van der Waals surface area contributed by atoms with Crippen molar-refractivity contribution in [1.29, 1.82) is 0 Å². The van der Waals surface area contributed by atoms with Crippen molar-refractivity contribution in [1.82, 2.24) is 4.90 Å². The van der Waals surface area contributed by atoms with E-state index in [1.807, 2.05) is 24.8 Å². The van der Waals surface area contributed by atoms with Crippen LogP contribution in [0.2, 0.25) is 5.02 Å². The maximum absolute atomic E-state index is 12.5. The van der Waals surface area contributed by atoms with Crippen LogP contribution >= 0.6 is 27.5 Å². The van der Waals surface area contributed by atoms with E-state index >= 15 is 0 Å². The second kappa shape index (κ2) is 6.25. The summed E-state index contributed by atoms with van der Waals surface area (Å²) in [5, 5.41) is 1.42. The van der Waals surface area contributed by atoms with Crippen LogP contribution in [0, 0.1) is 6.92 Å². The maximum Gasteiger partial charge on any atom is 0.254 e. The summed E-state index contributed by atoms with van der Waals surface area (Å²) in [6.07, 6.45) is 0.0635. The molecule has 3 nitrogen and oxygen atoms in total. The van der Waals surface area contributed by atoms with Crippen molar-refractivity contribution in [3.63, 3.8) is 0 Å². The second-order valence-electron chi connectivity index (χ2n) is 4.88. The fourth-order valence-corrected chi connectivity index (χ4v) is 2.65. The predicted octanol–water partition coefficient (Wildman–Crippen LogP) is 3.27. The monoisotopic (exact) mass is 345 g/mol. The molecule has 2 unspecified atom stereocenters. The van der Waals surface area contributed by atoms with Gasteiger partial charge in [-0.1, -0.05) is 27.5 Å². The first-order chi connectivity index (χ1) is 9.02. The van der Waals surface area contributed by atoms with Crippen LogP contribution in [0.3, 0.4) is 0 Å². The first-order valence-electron chi connectivity index (χ1n) is 6.27. The highest BCUT2D eigenvalue weighted by Crippen LogP contribution is 2.20. The van der Waals surface area contributed by atoms with Crippen molar-refractivity contribution >= 4 is 33.4 Å². The number of halogens is 2. The number of carbonyl (C=O) groups excluding carboxylic acids is 1. The Labute approximate surface area is 127 Å². The van der Waals surface area contributed by atoms with Crippen LogP contribution in [0.1, 0.15) is 22.8 Å². The third-order valence-electron chi connectivity index (χ3n) is 3.34. The third-order valence-corrected chi connectivity index (χ3v) is 4.49. The number of rotatable bonds is 2. The quantitative estimate of drug-likeness (QED) is 0.769. The number of alkyl halides is 1. The molecule has 0 aliphatic carbocycles. The number of amides is 1. The largest absolute Gasteiger partial charge is 0.373 e. The first-order valence-corrected chi connectivity index (χ1v) is 7.77. The zero-order valence-corrected chi connectivity index (χ0v) is 13.4. The van der Waals surface area contributed by atoms with Gasteiger partial charge in [0.05, 0.1) is 18.8 Å². The highest BCUT2D eigenvalue weighted by Gasteiger charge is 2.29. The number of carbonyl (C=O) groups is 1. The molecule has 1 aromatic carbocycles. The lowest BCUT2D eigenvalue weighted by Crippen LogP contribution is -2.51. The molecule has 1 aliphatic heterocycles. The average molecular weight is 347 g/mol. The summed E-state index contributed by atoms with van der Waals surface area (Å²) < 4.78 is 5.64. The molecule has 0 radical (unpaired) electrons. The summed E-state index contributed by atoms with van der Waals surface area (Å²) in [4.78, 5) is 14.4. The van der Waals surface area contributed by atoms with Crippen LogP contribution in [-0.2, 0) is 4.74 Å². The molecule has 1 aromatic rings. The van der Waals surface area contributed by atoms with E-state index < -0.39 is 0 Å². The number of nitrogens with zero attached hydrogens (tertiary/aromatic N) is 1. The van der Waals surface area contributed by atoms with Crippen LogP contribution in [-0.4, -0.2) is 41.4 Å². The molecule has 1 heterocycles. The number of morpholine rings is 1. The van der Waals surface area contributed by atoms with Gasteiger partial charge in [0.1, 0.15) is 0 Å². The van der Waals surface area contributed by atoms with Gasteiger partial charge in [-0.05, 0) is 37.6 Å². The lowest BCUT2D eigenvalue weighted by molar-refractivity contribution is -0.0361. The summed E-state index contributed by atoms with van der Waals surface area (Å²) in [7, 11) is 0. The number of hydrogen-bond donors (Lipinski definition) is 0. The Morgan fingerprint density at radius 1 is 1.58 bits per heavy atom. The second-order valence-corrected chi connectivity index (χ2v) is 5.93. The summed E-state index contributed by atoms with van der Waals surface area (Å²) in [6.45, 7) is 5.11. The maximum atomic E-state index is 12.5. The Bertz CT molecular complexity index is 481. The van der Waals surface area contributed by atoms with Gasteiger partial charge >= 0.3 is 0 Å². The molecule has 0 spiro atoms. The van der Waals surface area contributed by atoms with E-state index in [4.69, 9.17) is 16.3 Å². The van der Waals surface area contributed by atoms with Gasteiger partial charge < -0.3 is 9.64 Å². The highest BCUT2D eigenvalue weighted by atomic mass is 79.9. The number of hydrogen-bond acceptors (Lipinski definition) is 2. The normalized spacial score (nSPS) is 23.5. The molecule has 0 aromatic heterocycles. The molecule has 0 N–H and O–H groups in total. The van der Waals surface area contributed by atoms with Gasteiger partial charge in [-0.3, -0.25) is 4.79 Å². The Balaban J connectivity index is 2.19. The van der Waals surface area contributed by atoms with Gasteiger partial charge in [-0.25, -0.2) is 0 Å². The molecule has 0 saturated carbocycles. The molecule has 19 heavy (non-hydrogen) atoms. The molecular weight excluding hydrogens is 330 g/mol. The zero-order valence-electron chi connectivity index (χ0n) is 11.0. The molecule has 2 atom stereocenters. The van der Waals surface area contributed by atoms with Gasteiger partial charge in [-0.2, -0.15) is 0 Å². The summed E-state index contributed by atoms with van der Waals surface area (Å²) in [5.41, 5.74) is 1.61. The lowest BCUT2D eigenvalue weighted by Gasteiger charge is -2.37. The van der Waals surface area contributed by atoms with Crippen molar-refractivity contribution in [2.75, 3.05) is 18.5 Å². The van der Waals surface area contributed by atoms with E-state index in [9.17, 15) is 4.79 Å². The molecule has 1 saturated heterocycles. The van der Waals surface area contributed by atoms with E-state index in [1.54, 1.807) is 12.1 Å². The molecule has 104 valence electrons. The van der Waals surface area contributed by atoms with Crippen LogP contribution < -0.4 is 0 Å². The van der Waals surface area contributed by atoms with Crippen LogP contribution in [0.5, 0.6) is 0 Å². The summed E-state index contributed by atoms with van der Waals surface area (Å²) in [6, 6.07) is 5.50. The first kappa shape index (κ1) is 14.8. The van der Waals surface area contributed by atoms with Gasteiger partial charge in [0, 0.05) is 22.5 Å². The van der Waals surface area contributed by atoms with Crippen molar-refractivity contribution in [3.05, 3.63) is 34.3 Å².